The molecule has 1 aliphatic heterocycles. The van der Waals surface area contributed by atoms with E-state index < -0.39 is 0 Å². The molecule has 0 aromatic rings. The van der Waals surface area contributed by atoms with Crippen LogP contribution in [0.15, 0.2) is 0 Å². The fourth-order valence-electron chi connectivity index (χ4n) is 2.91. The quantitative estimate of drug-likeness (QED) is 0.813. The van der Waals surface area contributed by atoms with Crippen molar-refractivity contribution in [3.05, 3.63) is 0 Å². The third kappa shape index (κ3) is 3.94. The maximum absolute atomic E-state index is 6.12. The second-order valence-electron chi connectivity index (χ2n) is 7.06. The van der Waals surface area contributed by atoms with Gasteiger partial charge in [0, 0.05) is 31.7 Å². The van der Waals surface area contributed by atoms with Crippen LogP contribution in [0.1, 0.15) is 47.5 Å². The summed E-state index contributed by atoms with van der Waals surface area (Å²) in [5, 5.41) is 3.63. The van der Waals surface area contributed by atoms with Gasteiger partial charge in [0.25, 0.3) is 0 Å². The van der Waals surface area contributed by atoms with Crippen LogP contribution in [0.25, 0.3) is 0 Å². The topological polar surface area (TPSA) is 24.5 Å². The van der Waals surface area contributed by atoms with Crippen LogP contribution >= 0.6 is 0 Å². The second-order valence-corrected chi connectivity index (χ2v) is 7.06. The highest BCUT2D eigenvalue weighted by molar-refractivity contribution is 4.92. The summed E-state index contributed by atoms with van der Waals surface area (Å²) in [5.74, 6) is 0. The van der Waals surface area contributed by atoms with Crippen LogP contribution in [0, 0.1) is 0 Å². The minimum absolute atomic E-state index is 0.0322. The van der Waals surface area contributed by atoms with Gasteiger partial charge in [-0.3, -0.25) is 4.90 Å². The molecule has 1 aliphatic carbocycles. The molecule has 1 saturated carbocycles. The van der Waals surface area contributed by atoms with E-state index in [1.54, 1.807) is 0 Å². The second kappa shape index (κ2) is 4.52. The van der Waals surface area contributed by atoms with E-state index in [1.807, 2.05) is 0 Å². The minimum Gasteiger partial charge on any atom is -0.367 e. The molecule has 0 spiro atoms. The van der Waals surface area contributed by atoms with Gasteiger partial charge < -0.3 is 10.1 Å². The van der Waals surface area contributed by atoms with E-state index in [0.29, 0.717) is 6.04 Å². The molecule has 1 heterocycles. The van der Waals surface area contributed by atoms with Crippen LogP contribution in [0.4, 0.5) is 0 Å². The molecule has 0 amide bonds. The summed E-state index contributed by atoms with van der Waals surface area (Å²) in [5.41, 5.74) is -0.0643. The maximum Gasteiger partial charge on any atom is 0.0760 e. The standard InChI is InChI=1S/C14H28N2O/c1-11(8-15-12-6-7-12)16-9-13(2,3)17-14(4,5)10-16/h11-12,15H,6-10H2,1-5H3. The normalized spacial score (nSPS) is 30.2. The Kier molecular flexibility index (Phi) is 3.54. The zero-order chi connectivity index (χ0) is 12.7. The largest absolute Gasteiger partial charge is 0.367 e. The summed E-state index contributed by atoms with van der Waals surface area (Å²) in [7, 11) is 0. The average Bonchev–Trinajstić information content (AvgIpc) is 2.92. The van der Waals surface area contributed by atoms with Crippen molar-refractivity contribution in [3.63, 3.8) is 0 Å². The molecule has 1 atom stereocenters. The Morgan fingerprint density at radius 1 is 1.18 bits per heavy atom. The van der Waals surface area contributed by atoms with E-state index >= 15 is 0 Å². The van der Waals surface area contributed by atoms with Crippen LogP contribution in [0.2, 0.25) is 0 Å². The first kappa shape index (κ1) is 13.3. The van der Waals surface area contributed by atoms with Gasteiger partial charge in [0.05, 0.1) is 11.2 Å². The third-order valence-electron chi connectivity index (χ3n) is 3.62. The average molecular weight is 240 g/mol. The molecule has 100 valence electrons. The molecule has 1 unspecified atom stereocenters. The van der Waals surface area contributed by atoms with Crippen molar-refractivity contribution >= 4 is 0 Å². The number of hydrogen-bond acceptors (Lipinski definition) is 3. The summed E-state index contributed by atoms with van der Waals surface area (Å²) in [6.45, 7) is 14.3. The van der Waals surface area contributed by atoms with Crippen LogP contribution in [0.5, 0.6) is 0 Å². The molecule has 2 rings (SSSR count). The first-order valence-electron chi connectivity index (χ1n) is 6.95. The van der Waals surface area contributed by atoms with Gasteiger partial charge in [-0.25, -0.2) is 0 Å². The van der Waals surface area contributed by atoms with Gasteiger partial charge in [0.2, 0.25) is 0 Å². The van der Waals surface area contributed by atoms with Crippen LogP contribution in [0.3, 0.4) is 0 Å². The van der Waals surface area contributed by atoms with Gasteiger partial charge in [0.1, 0.15) is 0 Å². The van der Waals surface area contributed by atoms with Gasteiger partial charge in [-0.1, -0.05) is 0 Å². The maximum atomic E-state index is 6.12. The van der Waals surface area contributed by atoms with Gasteiger partial charge in [-0.05, 0) is 47.5 Å². The monoisotopic (exact) mass is 240 g/mol. The summed E-state index contributed by atoms with van der Waals surface area (Å²) in [4.78, 5) is 2.57. The zero-order valence-electron chi connectivity index (χ0n) is 12.0. The van der Waals surface area contributed by atoms with E-state index in [1.165, 1.54) is 12.8 Å². The Morgan fingerprint density at radius 2 is 1.71 bits per heavy atom. The van der Waals surface area contributed by atoms with Gasteiger partial charge in [0.15, 0.2) is 0 Å². The first-order chi connectivity index (χ1) is 7.77. The Balaban J connectivity index is 1.89. The fraction of sp³-hybridized carbons (Fsp3) is 1.00. The molecular formula is C14H28N2O. The number of nitrogens with one attached hydrogen (secondary N) is 1. The molecule has 2 aliphatic rings. The van der Waals surface area contributed by atoms with E-state index in [0.717, 1.165) is 25.7 Å². The molecule has 3 nitrogen and oxygen atoms in total. The first-order valence-corrected chi connectivity index (χ1v) is 6.95. The Labute approximate surface area is 106 Å². The number of morpholine rings is 1. The number of rotatable bonds is 4. The zero-order valence-corrected chi connectivity index (χ0v) is 12.0. The molecular weight excluding hydrogens is 212 g/mol. The summed E-state index contributed by atoms with van der Waals surface area (Å²) in [6, 6.07) is 1.40. The van der Waals surface area contributed by atoms with E-state index in [2.05, 4.69) is 44.8 Å². The molecule has 17 heavy (non-hydrogen) atoms. The molecule has 0 aromatic heterocycles. The fourth-order valence-corrected chi connectivity index (χ4v) is 2.91. The van der Waals surface area contributed by atoms with E-state index in [4.69, 9.17) is 4.74 Å². The minimum atomic E-state index is -0.0322. The smallest absolute Gasteiger partial charge is 0.0760 e. The lowest BCUT2D eigenvalue weighted by Crippen LogP contribution is -2.60. The summed E-state index contributed by atoms with van der Waals surface area (Å²) >= 11 is 0. The lowest BCUT2D eigenvalue weighted by atomic mass is 9.97. The number of hydrogen-bond donors (Lipinski definition) is 1. The van der Waals surface area contributed by atoms with Gasteiger partial charge in [-0.15, -0.1) is 0 Å². The molecule has 3 heteroatoms. The van der Waals surface area contributed by atoms with Crippen LogP contribution in [-0.2, 0) is 4.74 Å². The number of nitrogens with zero attached hydrogens (tertiary/aromatic N) is 1. The highest BCUT2D eigenvalue weighted by Crippen LogP contribution is 2.29. The van der Waals surface area contributed by atoms with Crippen molar-refractivity contribution in [2.45, 2.75) is 70.7 Å². The van der Waals surface area contributed by atoms with Gasteiger partial charge >= 0.3 is 0 Å². The van der Waals surface area contributed by atoms with Crippen molar-refractivity contribution in [2.24, 2.45) is 0 Å². The molecule has 1 saturated heterocycles. The SMILES string of the molecule is CC(CNC1CC1)N1CC(C)(C)OC(C)(C)C1. The third-order valence-corrected chi connectivity index (χ3v) is 3.62. The Hall–Kier alpha value is -0.120. The molecule has 0 aromatic carbocycles. The number of ether oxygens (including phenoxy) is 1. The van der Waals surface area contributed by atoms with Crippen LogP contribution in [-0.4, -0.2) is 47.8 Å². The van der Waals surface area contributed by atoms with Crippen molar-refractivity contribution in [1.82, 2.24) is 10.2 Å². The van der Waals surface area contributed by atoms with Crippen molar-refractivity contribution < 1.29 is 4.74 Å². The van der Waals surface area contributed by atoms with E-state index in [9.17, 15) is 0 Å². The van der Waals surface area contributed by atoms with Crippen LogP contribution < -0.4 is 5.32 Å². The van der Waals surface area contributed by atoms with Crippen molar-refractivity contribution in [3.8, 4) is 0 Å². The van der Waals surface area contributed by atoms with Crippen molar-refractivity contribution in [2.75, 3.05) is 19.6 Å². The highest BCUT2D eigenvalue weighted by Gasteiger charge is 2.39. The highest BCUT2D eigenvalue weighted by atomic mass is 16.5. The lowest BCUT2D eigenvalue weighted by Gasteiger charge is -2.49. The van der Waals surface area contributed by atoms with Crippen molar-refractivity contribution in [1.29, 1.82) is 0 Å². The predicted octanol–water partition coefficient (Wildman–Crippen LogP) is 2.02. The van der Waals surface area contributed by atoms with E-state index in [-0.39, 0.29) is 11.2 Å². The Morgan fingerprint density at radius 3 is 2.18 bits per heavy atom. The molecule has 2 fully saturated rings. The van der Waals surface area contributed by atoms with Gasteiger partial charge in [-0.2, -0.15) is 0 Å². The molecule has 1 N–H and O–H groups in total. The Bertz CT molecular complexity index is 255. The predicted molar refractivity (Wildman–Crippen MR) is 71.3 cm³/mol. The molecule has 0 bridgehead atoms. The summed E-state index contributed by atoms with van der Waals surface area (Å²) < 4.78 is 6.12. The molecule has 0 radical (unpaired) electrons. The summed E-state index contributed by atoms with van der Waals surface area (Å²) in [6.07, 6.45) is 2.74. The lowest BCUT2D eigenvalue weighted by molar-refractivity contribution is -0.186.